The lowest BCUT2D eigenvalue weighted by molar-refractivity contribution is -0.116. The molecule has 0 saturated carbocycles. The molecule has 8 nitrogen and oxygen atoms in total. The van der Waals surface area contributed by atoms with Gasteiger partial charge in [0.25, 0.3) is 0 Å². The second-order valence-corrected chi connectivity index (χ2v) is 8.43. The van der Waals surface area contributed by atoms with E-state index in [1.165, 1.54) is 19.1 Å². The van der Waals surface area contributed by atoms with Gasteiger partial charge in [0.15, 0.2) is 0 Å². The van der Waals surface area contributed by atoms with Gasteiger partial charge < -0.3 is 15.2 Å². The fourth-order valence-electron chi connectivity index (χ4n) is 3.12. The topological polar surface area (TPSA) is 123 Å². The van der Waals surface area contributed by atoms with E-state index in [1.54, 1.807) is 36.7 Å². The average molecular weight is 414 g/mol. The van der Waals surface area contributed by atoms with Crippen molar-refractivity contribution in [2.45, 2.75) is 32.2 Å². The third-order valence-corrected chi connectivity index (χ3v) is 5.57. The monoisotopic (exact) mass is 414 g/mol. The molecule has 1 aromatic heterocycles. The minimum Gasteiger partial charge on any atom is -0.338 e. The van der Waals surface area contributed by atoms with Crippen LogP contribution in [0.15, 0.2) is 47.5 Å². The van der Waals surface area contributed by atoms with Gasteiger partial charge >= 0.3 is 0 Å². The van der Waals surface area contributed by atoms with Crippen molar-refractivity contribution in [3.63, 3.8) is 0 Å². The minimum absolute atomic E-state index is 0.0190. The predicted molar refractivity (Wildman–Crippen MR) is 112 cm³/mol. The van der Waals surface area contributed by atoms with Crippen LogP contribution in [0.1, 0.15) is 18.1 Å². The second-order valence-electron chi connectivity index (χ2n) is 6.87. The lowest BCUT2D eigenvalue weighted by Gasteiger charge is -2.13. The van der Waals surface area contributed by atoms with Gasteiger partial charge in [0.2, 0.25) is 21.8 Å². The highest BCUT2D eigenvalue weighted by molar-refractivity contribution is 7.89. The van der Waals surface area contributed by atoms with Gasteiger partial charge in [-0.1, -0.05) is 6.07 Å². The standard InChI is InChI=1S/C20H22N4O4S/c1-12-9-15(29(21,27)28)10-18(13(12)2)23-20(26)11-24-8-7-16-17(22-14(3)25)5-4-6-19(16)24/h4-10H,11H2,1-3H3,(H,22,25)(H,23,26)(H2,21,27,28). The first-order valence-corrected chi connectivity index (χ1v) is 10.4. The van der Waals surface area contributed by atoms with Crippen molar-refractivity contribution < 1.29 is 18.0 Å². The summed E-state index contributed by atoms with van der Waals surface area (Å²) in [7, 11) is -3.88. The highest BCUT2D eigenvalue weighted by Crippen LogP contribution is 2.26. The molecule has 0 aliphatic heterocycles. The Labute approximate surface area is 168 Å². The third kappa shape index (κ3) is 4.47. The number of aryl methyl sites for hydroxylation is 1. The second kappa shape index (κ2) is 7.69. The van der Waals surface area contributed by atoms with E-state index < -0.39 is 10.0 Å². The average Bonchev–Trinajstić information content (AvgIpc) is 3.01. The number of nitrogens with one attached hydrogen (secondary N) is 2. The summed E-state index contributed by atoms with van der Waals surface area (Å²) in [6.07, 6.45) is 1.76. The van der Waals surface area contributed by atoms with Crippen LogP contribution in [0.3, 0.4) is 0 Å². The van der Waals surface area contributed by atoms with Gasteiger partial charge in [0.1, 0.15) is 6.54 Å². The summed E-state index contributed by atoms with van der Waals surface area (Å²) in [5.41, 5.74) is 3.32. The van der Waals surface area contributed by atoms with Crippen LogP contribution in [-0.2, 0) is 26.2 Å². The predicted octanol–water partition coefficient (Wildman–Crippen LogP) is 2.50. The molecular weight excluding hydrogens is 392 g/mol. The van der Waals surface area contributed by atoms with E-state index in [2.05, 4.69) is 10.6 Å². The summed E-state index contributed by atoms with van der Waals surface area (Å²) in [5, 5.41) is 11.6. The normalized spacial score (nSPS) is 11.4. The van der Waals surface area contributed by atoms with Gasteiger partial charge in [-0.05, 0) is 55.3 Å². The van der Waals surface area contributed by atoms with Crippen molar-refractivity contribution in [2.24, 2.45) is 5.14 Å². The highest BCUT2D eigenvalue weighted by Gasteiger charge is 2.15. The van der Waals surface area contributed by atoms with Gasteiger partial charge in [0.05, 0.1) is 16.1 Å². The Morgan fingerprint density at radius 2 is 1.79 bits per heavy atom. The van der Waals surface area contributed by atoms with Crippen LogP contribution < -0.4 is 15.8 Å². The van der Waals surface area contributed by atoms with E-state index in [-0.39, 0.29) is 23.3 Å². The first-order valence-electron chi connectivity index (χ1n) is 8.85. The number of hydrogen-bond acceptors (Lipinski definition) is 4. The lowest BCUT2D eigenvalue weighted by Crippen LogP contribution is -2.20. The zero-order valence-corrected chi connectivity index (χ0v) is 17.1. The number of anilines is 2. The molecule has 0 spiro atoms. The Balaban J connectivity index is 1.87. The Bertz CT molecular complexity index is 1230. The van der Waals surface area contributed by atoms with Crippen LogP contribution in [0.5, 0.6) is 0 Å². The Morgan fingerprint density at radius 1 is 1.07 bits per heavy atom. The first kappa shape index (κ1) is 20.6. The number of nitrogens with zero attached hydrogens (tertiary/aromatic N) is 1. The summed E-state index contributed by atoms with van der Waals surface area (Å²) in [6.45, 7) is 5.00. The molecule has 1 heterocycles. The lowest BCUT2D eigenvalue weighted by atomic mass is 10.1. The van der Waals surface area contributed by atoms with Crippen molar-refractivity contribution >= 4 is 44.1 Å². The number of aromatic nitrogens is 1. The van der Waals surface area contributed by atoms with Crippen LogP contribution in [0, 0.1) is 13.8 Å². The van der Waals surface area contributed by atoms with Crippen molar-refractivity contribution in [3.8, 4) is 0 Å². The van der Waals surface area contributed by atoms with Gasteiger partial charge in [-0.25, -0.2) is 13.6 Å². The zero-order chi connectivity index (χ0) is 21.3. The molecule has 0 fully saturated rings. The van der Waals surface area contributed by atoms with E-state index >= 15 is 0 Å². The molecule has 0 bridgehead atoms. The molecule has 3 aromatic rings. The summed E-state index contributed by atoms with van der Waals surface area (Å²) >= 11 is 0. The number of sulfonamides is 1. The maximum Gasteiger partial charge on any atom is 0.244 e. The van der Waals surface area contributed by atoms with Gasteiger partial charge in [0, 0.05) is 24.2 Å². The number of hydrogen-bond donors (Lipinski definition) is 3. The van der Waals surface area contributed by atoms with E-state index in [4.69, 9.17) is 5.14 Å². The molecule has 0 aliphatic carbocycles. The SMILES string of the molecule is CC(=O)Nc1cccc2c1ccn2CC(=O)Nc1cc(S(N)(=O)=O)cc(C)c1C. The summed E-state index contributed by atoms with van der Waals surface area (Å²) in [4.78, 5) is 23.9. The van der Waals surface area contributed by atoms with Crippen LogP contribution in [0.25, 0.3) is 10.9 Å². The van der Waals surface area contributed by atoms with Gasteiger partial charge in [-0.2, -0.15) is 0 Å². The van der Waals surface area contributed by atoms with E-state index in [0.717, 1.165) is 16.5 Å². The Morgan fingerprint density at radius 3 is 2.45 bits per heavy atom. The molecule has 29 heavy (non-hydrogen) atoms. The molecule has 2 aromatic carbocycles. The smallest absolute Gasteiger partial charge is 0.244 e. The minimum atomic E-state index is -3.88. The number of amides is 2. The summed E-state index contributed by atoms with van der Waals surface area (Å²) in [6, 6.07) is 10.1. The maximum absolute atomic E-state index is 12.6. The molecule has 3 rings (SSSR count). The Kier molecular flexibility index (Phi) is 5.45. The largest absolute Gasteiger partial charge is 0.338 e. The molecule has 152 valence electrons. The van der Waals surface area contributed by atoms with Crippen LogP contribution in [0.2, 0.25) is 0 Å². The van der Waals surface area contributed by atoms with Crippen molar-refractivity contribution in [1.82, 2.24) is 4.57 Å². The molecule has 4 N–H and O–H groups in total. The van der Waals surface area contributed by atoms with Crippen molar-refractivity contribution in [2.75, 3.05) is 10.6 Å². The summed E-state index contributed by atoms with van der Waals surface area (Å²) in [5.74, 6) is -0.495. The molecule has 0 unspecified atom stereocenters. The molecule has 2 amide bonds. The zero-order valence-electron chi connectivity index (χ0n) is 16.3. The third-order valence-electron chi connectivity index (χ3n) is 4.68. The van der Waals surface area contributed by atoms with Crippen LogP contribution >= 0.6 is 0 Å². The van der Waals surface area contributed by atoms with E-state index in [1.807, 2.05) is 12.1 Å². The number of fused-ring (bicyclic) bond motifs is 1. The number of benzene rings is 2. The summed E-state index contributed by atoms with van der Waals surface area (Å²) < 4.78 is 25.1. The fraction of sp³-hybridized carbons (Fsp3) is 0.200. The molecule has 0 radical (unpaired) electrons. The molecule has 0 aliphatic rings. The fourth-order valence-corrected chi connectivity index (χ4v) is 3.75. The molecule has 9 heteroatoms. The van der Waals surface area contributed by atoms with E-state index in [9.17, 15) is 18.0 Å². The number of primary sulfonamides is 1. The molecular formula is C20H22N4O4S. The molecule has 0 saturated heterocycles. The number of rotatable bonds is 5. The van der Waals surface area contributed by atoms with Gasteiger partial charge in [-0.3, -0.25) is 9.59 Å². The van der Waals surface area contributed by atoms with Crippen molar-refractivity contribution in [3.05, 3.63) is 53.7 Å². The Hall–Kier alpha value is -3.17. The van der Waals surface area contributed by atoms with E-state index in [0.29, 0.717) is 16.9 Å². The van der Waals surface area contributed by atoms with Crippen molar-refractivity contribution in [1.29, 1.82) is 0 Å². The van der Waals surface area contributed by atoms with Gasteiger partial charge in [-0.15, -0.1) is 0 Å². The number of nitrogens with two attached hydrogens (primary N) is 1. The quantitative estimate of drug-likeness (QED) is 0.593. The first-order chi connectivity index (χ1) is 13.6. The highest BCUT2D eigenvalue weighted by atomic mass is 32.2. The number of carbonyl (C=O) groups excluding carboxylic acids is 2. The molecule has 0 atom stereocenters. The van der Waals surface area contributed by atoms with Crippen LogP contribution in [-0.4, -0.2) is 24.8 Å². The number of carbonyl (C=O) groups is 2. The maximum atomic E-state index is 12.6. The van der Waals surface area contributed by atoms with Crippen LogP contribution in [0.4, 0.5) is 11.4 Å².